The summed E-state index contributed by atoms with van der Waals surface area (Å²) >= 11 is 1.27. The quantitative estimate of drug-likeness (QED) is 0.608. The van der Waals surface area contributed by atoms with Gasteiger partial charge in [0.1, 0.15) is 11.7 Å². The first kappa shape index (κ1) is 18.8. The number of benzene rings is 1. The number of nitrogens with zero attached hydrogens (tertiary/aromatic N) is 1. The fourth-order valence-electron chi connectivity index (χ4n) is 2.35. The standard InChI is InChI=1S/C16H19N3O5S/c1-9-8-25-13(18-12(9)15(21)22)11(17)14(20)19(16(23)24)7-10-5-3-2-4-6-10/h2-6,11,13,18H,7-8,17H2,1H3,(H,21,22)(H,23,24). The normalized spacial score (nSPS) is 18.2. The molecule has 0 radical (unpaired) electrons. The van der Waals surface area contributed by atoms with Crippen LogP contribution in [-0.4, -0.2) is 50.3 Å². The molecular formula is C16H19N3O5S. The molecule has 0 bridgehead atoms. The maximum Gasteiger partial charge on any atom is 0.414 e. The first-order valence-electron chi connectivity index (χ1n) is 7.46. The summed E-state index contributed by atoms with van der Waals surface area (Å²) in [5, 5.41) is 20.5. The Morgan fingerprint density at radius 1 is 1.32 bits per heavy atom. The van der Waals surface area contributed by atoms with E-state index in [9.17, 15) is 24.6 Å². The Kier molecular flexibility index (Phi) is 6.05. The Morgan fingerprint density at radius 3 is 2.52 bits per heavy atom. The van der Waals surface area contributed by atoms with Gasteiger partial charge in [0, 0.05) is 5.75 Å². The van der Waals surface area contributed by atoms with Gasteiger partial charge in [-0.15, -0.1) is 11.8 Å². The van der Waals surface area contributed by atoms with Gasteiger partial charge in [0.2, 0.25) is 0 Å². The van der Waals surface area contributed by atoms with Gasteiger partial charge in [-0.3, -0.25) is 4.79 Å². The number of carbonyl (C=O) groups is 3. The summed E-state index contributed by atoms with van der Waals surface area (Å²) in [6.07, 6.45) is -1.41. The number of hydrogen-bond acceptors (Lipinski definition) is 6. The summed E-state index contributed by atoms with van der Waals surface area (Å²) < 4.78 is 0. The molecule has 2 unspecified atom stereocenters. The average molecular weight is 365 g/mol. The Labute approximate surface area is 148 Å². The van der Waals surface area contributed by atoms with Gasteiger partial charge in [0.25, 0.3) is 5.91 Å². The molecule has 2 rings (SSSR count). The summed E-state index contributed by atoms with van der Waals surface area (Å²) in [5.74, 6) is -1.53. The molecule has 0 saturated carbocycles. The van der Waals surface area contributed by atoms with Gasteiger partial charge >= 0.3 is 12.1 Å². The van der Waals surface area contributed by atoms with Crippen molar-refractivity contribution in [3.63, 3.8) is 0 Å². The van der Waals surface area contributed by atoms with Crippen molar-refractivity contribution >= 4 is 29.7 Å². The third-order valence-electron chi connectivity index (χ3n) is 3.70. The van der Waals surface area contributed by atoms with E-state index in [4.69, 9.17) is 5.73 Å². The van der Waals surface area contributed by atoms with E-state index in [2.05, 4.69) is 5.32 Å². The van der Waals surface area contributed by atoms with Gasteiger partial charge < -0.3 is 21.3 Å². The number of carbonyl (C=O) groups excluding carboxylic acids is 1. The number of thioether (sulfide) groups is 1. The van der Waals surface area contributed by atoms with Crippen LogP contribution in [0.3, 0.4) is 0 Å². The molecule has 8 nitrogen and oxygen atoms in total. The molecule has 1 heterocycles. The summed E-state index contributed by atoms with van der Waals surface area (Å²) in [5.41, 5.74) is 7.22. The number of aliphatic carboxylic acids is 1. The van der Waals surface area contributed by atoms with Gasteiger partial charge in [-0.1, -0.05) is 30.3 Å². The lowest BCUT2D eigenvalue weighted by Gasteiger charge is -2.31. The molecule has 1 aliphatic rings. The van der Waals surface area contributed by atoms with Crippen molar-refractivity contribution in [2.45, 2.75) is 24.9 Å². The second kappa shape index (κ2) is 8.04. The maximum absolute atomic E-state index is 12.5. The highest BCUT2D eigenvalue weighted by atomic mass is 32.2. The van der Waals surface area contributed by atoms with E-state index in [-0.39, 0.29) is 12.2 Å². The van der Waals surface area contributed by atoms with Crippen molar-refractivity contribution in [2.75, 3.05) is 5.75 Å². The van der Waals surface area contributed by atoms with Crippen molar-refractivity contribution in [2.24, 2.45) is 5.73 Å². The van der Waals surface area contributed by atoms with Crippen molar-refractivity contribution in [1.82, 2.24) is 10.2 Å². The van der Waals surface area contributed by atoms with Gasteiger partial charge in [-0.2, -0.15) is 0 Å². The van der Waals surface area contributed by atoms with Gasteiger partial charge in [-0.05, 0) is 18.1 Å². The number of nitrogens with two attached hydrogens (primary N) is 1. The minimum Gasteiger partial charge on any atom is -0.477 e. The number of hydrogen-bond donors (Lipinski definition) is 4. The minimum atomic E-state index is -1.41. The van der Waals surface area contributed by atoms with Crippen LogP contribution in [0, 0.1) is 0 Å². The second-order valence-electron chi connectivity index (χ2n) is 5.55. The third kappa shape index (κ3) is 4.52. The van der Waals surface area contributed by atoms with Gasteiger partial charge in [0.05, 0.1) is 11.9 Å². The Hall–Kier alpha value is -2.52. The summed E-state index contributed by atoms with van der Waals surface area (Å²) in [4.78, 5) is 35.9. The molecule has 9 heteroatoms. The molecule has 1 aromatic carbocycles. The monoisotopic (exact) mass is 365 g/mol. The van der Waals surface area contributed by atoms with Crippen molar-refractivity contribution in [1.29, 1.82) is 0 Å². The number of imide groups is 1. The van der Waals surface area contributed by atoms with Crippen molar-refractivity contribution in [3.8, 4) is 0 Å². The van der Waals surface area contributed by atoms with Gasteiger partial charge in [-0.25, -0.2) is 14.5 Å². The summed E-state index contributed by atoms with van der Waals surface area (Å²) in [7, 11) is 0. The second-order valence-corrected chi connectivity index (χ2v) is 6.68. The number of nitrogens with one attached hydrogen (secondary N) is 1. The number of carboxylic acids is 1. The van der Waals surface area contributed by atoms with E-state index in [0.29, 0.717) is 21.8 Å². The lowest BCUT2D eigenvalue weighted by molar-refractivity contribution is -0.134. The van der Waals surface area contributed by atoms with Crippen LogP contribution < -0.4 is 11.1 Å². The van der Waals surface area contributed by atoms with E-state index in [1.807, 2.05) is 0 Å². The first-order chi connectivity index (χ1) is 11.8. The molecule has 0 aliphatic carbocycles. The Morgan fingerprint density at radius 2 is 1.96 bits per heavy atom. The molecule has 2 atom stereocenters. The van der Waals surface area contributed by atoms with Crippen LogP contribution in [0.1, 0.15) is 12.5 Å². The number of amides is 2. The number of carboxylic acid groups (broad SMARTS) is 2. The maximum atomic E-state index is 12.5. The van der Waals surface area contributed by atoms with Crippen molar-refractivity contribution < 1.29 is 24.6 Å². The minimum absolute atomic E-state index is 0.00284. The molecule has 5 N–H and O–H groups in total. The average Bonchev–Trinajstić information content (AvgIpc) is 2.59. The molecule has 134 valence electrons. The number of rotatable bonds is 5. The fourth-order valence-corrected chi connectivity index (χ4v) is 3.45. The predicted octanol–water partition coefficient (Wildman–Crippen LogP) is 1.04. The Balaban J connectivity index is 2.14. The van der Waals surface area contributed by atoms with Crippen LogP contribution in [0.5, 0.6) is 0 Å². The van der Waals surface area contributed by atoms with Crippen LogP contribution in [-0.2, 0) is 16.1 Å². The largest absolute Gasteiger partial charge is 0.477 e. The first-order valence-corrected chi connectivity index (χ1v) is 8.51. The molecule has 25 heavy (non-hydrogen) atoms. The third-order valence-corrected chi connectivity index (χ3v) is 5.07. The predicted molar refractivity (Wildman–Crippen MR) is 92.7 cm³/mol. The fraction of sp³-hybridized carbons (Fsp3) is 0.312. The smallest absolute Gasteiger partial charge is 0.414 e. The van der Waals surface area contributed by atoms with E-state index < -0.39 is 29.4 Å². The molecular weight excluding hydrogens is 346 g/mol. The lowest BCUT2D eigenvalue weighted by Crippen LogP contribution is -2.55. The topological polar surface area (TPSA) is 133 Å². The zero-order chi connectivity index (χ0) is 18.6. The van der Waals surface area contributed by atoms with Crippen LogP contribution in [0.2, 0.25) is 0 Å². The molecule has 2 amide bonds. The summed E-state index contributed by atoms with van der Waals surface area (Å²) in [6, 6.07) is 7.48. The van der Waals surface area contributed by atoms with Crippen LogP contribution in [0.15, 0.2) is 41.6 Å². The van der Waals surface area contributed by atoms with Crippen LogP contribution in [0.4, 0.5) is 4.79 Å². The molecule has 0 fully saturated rings. The highest BCUT2D eigenvalue weighted by Gasteiger charge is 2.35. The highest BCUT2D eigenvalue weighted by Crippen LogP contribution is 2.24. The molecule has 0 spiro atoms. The van der Waals surface area contributed by atoms with E-state index >= 15 is 0 Å². The highest BCUT2D eigenvalue weighted by molar-refractivity contribution is 8.00. The molecule has 1 aliphatic heterocycles. The van der Waals surface area contributed by atoms with Crippen molar-refractivity contribution in [3.05, 3.63) is 47.2 Å². The molecule has 1 aromatic rings. The van der Waals surface area contributed by atoms with E-state index in [0.717, 1.165) is 0 Å². The zero-order valence-electron chi connectivity index (χ0n) is 13.5. The van der Waals surface area contributed by atoms with Crippen LogP contribution in [0.25, 0.3) is 0 Å². The van der Waals surface area contributed by atoms with Gasteiger partial charge in [0.15, 0.2) is 0 Å². The Bertz CT molecular complexity index is 707. The SMILES string of the molecule is CC1=C(C(=O)O)NC(C(N)C(=O)N(Cc2ccccc2)C(=O)O)SC1. The molecule has 0 saturated heterocycles. The van der Waals surface area contributed by atoms with E-state index in [1.54, 1.807) is 37.3 Å². The van der Waals surface area contributed by atoms with Crippen LogP contribution >= 0.6 is 11.8 Å². The summed E-state index contributed by atoms with van der Waals surface area (Å²) in [6.45, 7) is 1.55. The molecule has 0 aromatic heterocycles. The zero-order valence-corrected chi connectivity index (χ0v) is 14.3. The lowest BCUT2D eigenvalue weighted by atomic mass is 10.1. The van der Waals surface area contributed by atoms with E-state index in [1.165, 1.54) is 11.8 Å².